The number of fused-ring (bicyclic) bond motifs is 1. The first kappa shape index (κ1) is 27.3. The molecule has 0 aliphatic carbocycles. The second kappa shape index (κ2) is 10.9. The molecule has 2 aromatic rings. The smallest absolute Gasteiger partial charge is 0.410 e. The minimum atomic E-state index is -0.542. The number of hydrogen-bond donors (Lipinski definition) is 0. The lowest BCUT2D eigenvalue weighted by Crippen LogP contribution is -2.35. The summed E-state index contributed by atoms with van der Waals surface area (Å²) in [6.45, 7) is 12.8. The molecule has 5 nitrogen and oxygen atoms in total. The number of benzene rings is 2. The molecule has 198 valence electrons. The Labute approximate surface area is 225 Å². The predicted octanol–water partition coefficient (Wildman–Crippen LogP) is 7.37. The zero-order chi connectivity index (χ0) is 26.8. The van der Waals surface area contributed by atoms with Crippen molar-refractivity contribution in [2.75, 3.05) is 18.8 Å². The number of likely N-dealkylation sites (tertiary alicyclic amines) is 1. The molecule has 1 saturated heterocycles. The Hall–Kier alpha value is -2.73. The number of rotatable bonds is 4. The summed E-state index contributed by atoms with van der Waals surface area (Å²) in [6.07, 6.45) is 5.03. The van der Waals surface area contributed by atoms with Crippen molar-refractivity contribution in [2.24, 2.45) is 11.3 Å². The number of allylic oxidation sites excluding steroid dienone is 1. The maximum atomic E-state index is 12.4. The SMILES string of the molecule is CC(C)(C)OC(=O)N1CCC(Cc2ccc(C3=CCCSc4cc(OC(=O)C(C)(C)C)ccc43)cc2)C1. The zero-order valence-corrected chi connectivity index (χ0v) is 23.7. The lowest BCUT2D eigenvalue weighted by atomic mass is 9.93. The molecule has 0 saturated carbocycles. The van der Waals surface area contributed by atoms with Crippen molar-refractivity contribution in [3.8, 4) is 5.75 Å². The molecule has 0 aromatic heterocycles. The van der Waals surface area contributed by atoms with Gasteiger partial charge in [0.05, 0.1) is 5.41 Å². The van der Waals surface area contributed by atoms with E-state index in [0.29, 0.717) is 11.7 Å². The van der Waals surface area contributed by atoms with Gasteiger partial charge in [-0.1, -0.05) is 30.3 Å². The molecule has 1 atom stereocenters. The normalized spacial score (nSPS) is 18.1. The number of amides is 1. The number of carbonyl (C=O) groups is 2. The van der Waals surface area contributed by atoms with Crippen molar-refractivity contribution in [1.29, 1.82) is 0 Å². The minimum Gasteiger partial charge on any atom is -0.444 e. The Morgan fingerprint density at radius 3 is 2.43 bits per heavy atom. The maximum Gasteiger partial charge on any atom is 0.410 e. The molecule has 0 radical (unpaired) electrons. The van der Waals surface area contributed by atoms with E-state index in [1.807, 2.05) is 58.6 Å². The van der Waals surface area contributed by atoms with Crippen LogP contribution in [0, 0.1) is 11.3 Å². The summed E-state index contributed by atoms with van der Waals surface area (Å²) in [5.41, 5.74) is 3.86. The van der Waals surface area contributed by atoms with E-state index >= 15 is 0 Å². The Kier molecular flexibility index (Phi) is 8.08. The third kappa shape index (κ3) is 7.19. The van der Waals surface area contributed by atoms with Gasteiger partial charge in [-0.05, 0) is 107 Å². The first-order valence-corrected chi connectivity index (χ1v) is 14.1. The largest absolute Gasteiger partial charge is 0.444 e. The van der Waals surface area contributed by atoms with E-state index in [1.165, 1.54) is 22.3 Å². The molecule has 4 rings (SSSR count). The molecule has 6 heteroatoms. The number of carbonyl (C=O) groups excluding carboxylic acids is 2. The van der Waals surface area contributed by atoms with Crippen LogP contribution < -0.4 is 4.74 Å². The third-order valence-corrected chi connectivity index (χ3v) is 7.61. The first-order valence-electron chi connectivity index (χ1n) is 13.2. The molecule has 2 aliphatic heterocycles. The van der Waals surface area contributed by atoms with Gasteiger partial charge in [0.2, 0.25) is 0 Å². The van der Waals surface area contributed by atoms with Gasteiger partial charge in [-0.25, -0.2) is 4.79 Å². The number of esters is 1. The number of thioether (sulfide) groups is 1. The summed E-state index contributed by atoms with van der Waals surface area (Å²) >= 11 is 1.80. The molecule has 0 bridgehead atoms. The van der Waals surface area contributed by atoms with Crippen LogP contribution >= 0.6 is 11.8 Å². The van der Waals surface area contributed by atoms with Gasteiger partial charge in [0.15, 0.2) is 0 Å². The van der Waals surface area contributed by atoms with Crippen molar-refractivity contribution in [1.82, 2.24) is 4.90 Å². The van der Waals surface area contributed by atoms with E-state index in [1.54, 1.807) is 11.8 Å². The molecular weight excluding hydrogens is 482 g/mol. The van der Waals surface area contributed by atoms with E-state index in [0.717, 1.165) is 43.0 Å². The average molecular weight is 522 g/mol. The minimum absolute atomic E-state index is 0.210. The van der Waals surface area contributed by atoms with E-state index < -0.39 is 11.0 Å². The third-order valence-electron chi connectivity index (χ3n) is 6.52. The van der Waals surface area contributed by atoms with Crippen molar-refractivity contribution >= 4 is 29.4 Å². The Morgan fingerprint density at radius 1 is 1.03 bits per heavy atom. The molecule has 0 spiro atoms. The molecule has 1 amide bonds. The highest BCUT2D eigenvalue weighted by atomic mass is 32.2. The van der Waals surface area contributed by atoms with Gasteiger partial charge in [0, 0.05) is 23.7 Å². The molecule has 37 heavy (non-hydrogen) atoms. The van der Waals surface area contributed by atoms with Gasteiger partial charge in [-0.15, -0.1) is 11.8 Å². The fourth-order valence-corrected chi connectivity index (χ4v) is 5.56. The van der Waals surface area contributed by atoms with Crippen LogP contribution in [0.1, 0.15) is 71.1 Å². The van der Waals surface area contributed by atoms with E-state index in [-0.39, 0.29) is 12.1 Å². The number of nitrogens with zero attached hydrogens (tertiary/aromatic N) is 1. The van der Waals surface area contributed by atoms with Gasteiger partial charge in [-0.2, -0.15) is 0 Å². The lowest BCUT2D eigenvalue weighted by Gasteiger charge is -2.24. The molecule has 1 fully saturated rings. The summed E-state index contributed by atoms with van der Waals surface area (Å²) < 4.78 is 11.2. The van der Waals surface area contributed by atoms with Crippen LogP contribution in [-0.4, -0.2) is 41.4 Å². The van der Waals surface area contributed by atoms with E-state index in [9.17, 15) is 9.59 Å². The highest BCUT2D eigenvalue weighted by Crippen LogP contribution is 2.38. The highest BCUT2D eigenvalue weighted by Gasteiger charge is 2.30. The Bertz CT molecular complexity index is 1170. The zero-order valence-electron chi connectivity index (χ0n) is 22.9. The van der Waals surface area contributed by atoms with Crippen LogP contribution in [0.25, 0.3) is 5.57 Å². The number of ether oxygens (including phenoxy) is 2. The van der Waals surface area contributed by atoms with Gasteiger partial charge < -0.3 is 14.4 Å². The molecule has 2 aromatic carbocycles. The van der Waals surface area contributed by atoms with Gasteiger partial charge in [0.25, 0.3) is 0 Å². The summed E-state index contributed by atoms with van der Waals surface area (Å²) in [7, 11) is 0. The fraction of sp³-hybridized carbons (Fsp3) is 0.484. The monoisotopic (exact) mass is 521 g/mol. The first-order chi connectivity index (χ1) is 17.4. The highest BCUT2D eigenvalue weighted by molar-refractivity contribution is 7.99. The molecule has 2 aliphatic rings. The van der Waals surface area contributed by atoms with Gasteiger partial charge >= 0.3 is 12.1 Å². The van der Waals surface area contributed by atoms with Crippen LogP contribution in [-0.2, 0) is 16.0 Å². The quantitative estimate of drug-likeness (QED) is 0.311. The maximum absolute atomic E-state index is 12.4. The molecule has 1 unspecified atom stereocenters. The Morgan fingerprint density at radius 2 is 1.76 bits per heavy atom. The van der Waals surface area contributed by atoms with Crippen molar-refractivity contribution < 1.29 is 19.1 Å². The van der Waals surface area contributed by atoms with Crippen molar-refractivity contribution in [3.63, 3.8) is 0 Å². The standard InChI is InChI=1S/C31H39NO4S/c1-30(2,3)28(33)35-24-13-14-26-25(8-7-17-37-27(26)19-24)23-11-9-21(10-12-23)18-22-15-16-32(20-22)29(34)36-31(4,5)6/h8-14,19,22H,7,15-18,20H2,1-6H3. The summed E-state index contributed by atoms with van der Waals surface area (Å²) in [6, 6.07) is 14.8. The summed E-state index contributed by atoms with van der Waals surface area (Å²) in [5, 5.41) is 0. The van der Waals surface area contributed by atoms with Crippen molar-refractivity contribution in [3.05, 3.63) is 65.2 Å². The van der Waals surface area contributed by atoms with Gasteiger partial charge in [-0.3, -0.25) is 4.79 Å². The van der Waals surface area contributed by atoms with E-state index in [4.69, 9.17) is 9.47 Å². The van der Waals surface area contributed by atoms with Crippen LogP contribution in [0.15, 0.2) is 53.4 Å². The van der Waals surface area contributed by atoms with Crippen LogP contribution in [0.4, 0.5) is 4.79 Å². The van der Waals surface area contributed by atoms with Crippen LogP contribution in [0.5, 0.6) is 5.75 Å². The van der Waals surface area contributed by atoms with Crippen LogP contribution in [0.2, 0.25) is 0 Å². The molecule has 0 N–H and O–H groups in total. The molecular formula is C31H39NO4S. The van der Waals surface area contributed by atoms with Gasteiger partial charge in [0.1, 0.15) is 11.4 Å². The topological polar surface area (TPSA) is 55.8 Å². The molecule has 2 heterocycles. The lowest BCUT2D eigenvalue weighted by molar-refractivity contribution is -0.143. The second-order valence-corrected chi connectivity index (χ2v) is 13.2. The summed E-state index contributed by atoms with van der Waals surface area (Å²) in [4.78, 5) is 27.7. The second-order valence-electron chi connectivity index (χ2n) is 12.0. The predicted molar refractivity (Wildman–Crippen MR) is 150 cm³/mol. The fourth-order valence-electron chi connectivity index (χ4n) is 4.57. The Balaban J connectivity index is 1.43. The van der Waals surface area contributed by atoms with E-state index in [2.05, 4.69) is 36.4 Å². The van der Waals surface area contributed by atoms with Crippen LogP contribution in [0.3, 0.4) is 0 Å². The average Bonchev–Trinajstić information content (AvgIpc) is 3.17. The number of hydrogen-bond acceptors (Lipinski definition) is 5. The summed E-state index contributed by atoms with van der Waals surface area (Å²) in [5.74, 6) is 1.80. The van der Waals surface area contributed by atoms with Crippen molar-refractivity contribution in [2.45, 2.75) is 71.3 Å².